The molecule has 4 N–H and O–H groups in total. The van der Waals surface area contributed by atoms with Gasteiger partial charge in [-0.2, -0.15) is 0 Å². The lowest BCUT2D eigenvalue weighted by molar-refractivity contribution is -0.119. The highest BCUT2D eigenvalue weighted by molar-refractivity contribution is 9.10. The largest absolute Gasteiger partial charge is 0.398 e. The molecule has 0 bridgehead atoms. The molecule has 1 aromatic rings. The lowest BCUT2D eigenvalue weighted by Gasteiger charge is -2.12. The van der Waals surface area contributed by atoms with E-state index >= 15 is 0 Å². The summed E-state index contributed by atoms with van der Waals surface area (Å²) in [5.74, 6) is -0.0422. The molecule has 6 nitrogen and oxygen atoms in total. The molecule has 0 spiro atoms. The van der Waals surface area contributed by atoms with E-state index in [1.165, 1.54) is 18.2 Å². The van der Waals surface area contributed by atoms with Gasteiger partial charge in [-0.15, -0.1) is 0 Å². The van der Waals surface area contributed by atoms with Gasteiger partial charge in [0.15, 0.2) is 0 Å². The Kier molecular flexibility index (Phi) is 4.12. The molecule has 1 aromatic carbocycles. The van der Waals surface area contributed by atoms with Crippen LogP contribution in [0, 0.1) is 0 Å². The van der Waals surface area contributed by atoms with Crippen LogP contribution < -0.4 is 15.8 Å². The van der Waals surface area contributed by atoms with Crippen molar-refractivity contribution in [2.24, 2.45) is 0 Å². The number of anilines is 1. The van der Waals surface area contributed by atoms with Gasteiger partial charge in [0, 0.05) is 29.2 Å². The zero-order chi connectivity index (χ0) is 14.0. The van der Waals surface area contributed by atoms with E-state index < -0.39 is 10.0 Å². The van der Waals surface area contributed by atoms with Crippen molar-refractivity contribution in [1.82, 2.24) is 10.0 Å². The van der Waals surface area contributed by atoms with Crippen LogP contribution in [0.1, 0.15) is 12.8 Å². The third-order valence-corrected chi connectivity index (χ3v) is 4.99. The van der Waals surface area contributed by atoms with Gasteiger partial charge in [0.2, 0.25) is 15.9 Å². The second-order valence-electron chi connectivity index (χ2n) is 4.34. The summed E-state index contributed by atoms with van der Waals surface area (Å²) in [6.07, 6.45) is 1.09. The van der Waals surface area contributed by atoms with Crippen LogP contribution in [-0.2, 0) is 14.8 Å². The van der Waals surface area contributed by atoms with Gasteiger partial charge in [0.05, 0.1) is 4.90 Å². The highest BCUT2D eigenvalue weighted by Gasteiger charge is 2.23. The third-order valence-electron chi connectivity index (χ3n) is 2.89. The second-order valence-corrected chi connectivity index (χ2v) is 6.96. The Bertz CT molecular complexity index is 603. The van der Waals surface area contributed by atoms with Crippen molar-refractivity contribution in [2.45, 2.75) is 23.8 Å². The number of hydrogen-bond acceptors (Lipinski definition) is 4. The van der Waals surface area contributed by atoms with Crippen molar-refractivity contribution in [3.63, 3.8) is 0 Å². The van der Waals surface area contributed by atoms with Gasteiger partial charge < -0.3 is 11.1 Å². The summed E-state index contributed by atoms with van der Waals surface area (Å²) in [6, 6.07) is 4.27. The number of nitrogens with one attached hydrogen (secondary N) is 2. The summed E-state index contributed by atoms with van der Waals surface area (Å²) >= 11 is 3.19. The Labute approximate surface area is 119 Å². The normalized spacial score (nSPS) is 19.4. The summed E-state index contributed by atoms with van der Waals surface area (Å²) in [5, 5.41) is 2.70. The van der Waals surface area contributed by atoms with Crippen molar-refractivity contribution in [2.75, 3.05) is 12.3 Å². The number of nitrogen functional groups attached to an aromatic ring is 1. The predicted molar refractivity (Wildman–Crippen MR) is 74.9 cm³/mol. The molecule has 1 aliphatic rings. The Morgan fingerprint density at radius 2 is 2.21 bits per heavy atom. The zero-order valence-electron chi connectivity index (χ0n) is 10.0. The van der Waals surface area contributed by atoms with E-state index in [4.69, 9.17) is 5.73 Å². The smallest absolute Gasteiger partial charge is 0.240 e. The SMILES string of the molecule is Nc1ccc(S(=O)(=O)NCC2CCC(=O)N2)cc1Br. The van der Waals surface area contributed by atoms with Gasteiger partial charge in [0.1, 0.15) is 0 Å². The molecule has 2 rings (SSSR count). The molecule has 19 heavy (non-hydrogen) atoms. The number of sulfonamides is 1. The molecular weight excluding hydrogens is 334 g/mol. The van der Waals surface area contributed by atoms with Crippen molar-refractivity contribution in [3.05, 3.63) is 22.7 Å². The first kappa shape index (κ1) is 14.3. The fourth-order valence-corrected chi connectivity index (χ4v) is 3.44. The van der Waals surface area contributed by atoms with E-state index in [1.807, 2.05) is 0 Å². The van der Waals surface area contributed by atoms with Crippen molar-refractivity contribution in [1.29, 1.82) is 0 Å². The van der Waals surface area contributed by atoms with Crippen LogP contribution in [-0.4, -0.2) is 26.9 Å². The first-order chi connectivity index (χ1) is 8.88. The Morgan fingerprint density at radius 3 is 2.79 bits per heavy atom. The fraction of sp³-hybridized carbons (Fsp3) is 0.364. The first-order valence-electron chi connectivity index (χ1n) is 5.72. The summed E-state index contributed by atoms with van der Waals surface area (Å²) in [6.45, 7) is 0.191. The number of benzene rings is 1. The Balaban J connectivity index is 2.05. The van der Waals surface area contributed by atoms with E-state index in [-0.39, 0.29) is 23.4 Å². The van der Waals surface area contributed by atoms with E-state index in [1.54, 1.807) is 0 Å². The highest BCUT2D eigenvalue weighted by atomic mass is 79.9. The summed E-state index contributed by atoms with van der Waals surface area (Å²) in [7, 11) is -3.59. The monoisotopic (exact) mass is 347 g/mol. The third kappa shape index (κ3) is 3.46. The topological polar surface area (TPSA) is 101 Å². The van der Waals surface area contributed by atoms with Gasteiger partial charge >= 0.3 is 0 Å². The molecule has 8 heteroatoms. The summed E-state index contributed by atoms with van der Waals surface area (Å²) in [4.78, 5) is 11.2. The van der Waals surface area contributed by atoms with Crippen LogP contribution >= 0.6 is 15.9 Å². The number of nitrogens with two attached hydrogens (primary N) is 1. The molecule has 1 saturated heterocycles. The van der Waals surface area contributed by atoms with Gasteiger partial charge in [-0.25, -0.2) is 13.1 Å². The van der Waals surface area contributed by atoms with Crippen LogP contribution in [0.25, 0.3) is 0 Å². The number of carbonyl (C=O) groups is 1. The Morgan fingerprint density at radius 1 is 1.47 bits per heavy atom. The highest BCUT2D eigenvalue weighted by Crippen LogP contribution is 2.22. The van der Waals surface area contributed by atoms with E-state index in [0.29, 0.717) is 23.0 Å². The van der Waals surface area contributed by atoms with E-state index in [0.717, 1.165) is 0 Å². The lowest BCUT2D eigenvalue weighted by Crippen LogP contribution is -2.38. The Hall–Kier alpha value is -1.12. The fourth-order valence-electron chi connectivity index (χ4n) is 1.80. The molecule has 1 atom stereocenters. The lowest BCUT2D eigenvalue weighted by atomic mass is 10.2. The van der Waals surface area contributed by atoms with E-state index in [9.17, 15) is 13.2 Å². The molecule has 104 valence electrons. The molecule has 0 aliphatic carbocycles. The predicted octanol–water partition coefficient (Wildman–Crippen LogP) is 0.588. The quantitative estimate of drug-likeness (QED) is 0.693. The maximum absolute atomic E-state index is 12.0. The summed E-state index contributed by atoms with van der Waals surface area (Å²) in [5.41, 5.74) is 6.09. The molecule has 1 heterocycles. The molecule has 1 fully saturated rings. The summed E-state index contributed by atoms with van der Waals surface area (Å²) < 4.78 is 27.1. The molecule has 0 aromatic heterocycles. The van der Waals surface area contributed by atoms with Gasteiger partial charge in [0.25, 0.3) is 0 Å². The van der Waals surface area contributed by atoms with Gasteiger partial charge in [-0.05, 0) is 40.5 Å². The average molecular weight is 348 g/mol. The van der Waals surface area contributed by atoms with Crippen LogP contribution in [0.15, 0.2) is 27.6 Å². The number of amides is 1. The van der Waals surface area contributed by atoms with Crippen LogP contribution in [0.5, 0.6) is 0 Å². The molecule has 1 amide bonds. The van der Waals surface area contributed by atoms with Crippen molar-refractivity contribution in [3.8, 4) is 0 Å². The van der Waals surface area contributed by atoms with Crippen LogP contribution in [0.3, 0.4) is 0 Å². The van der Waals surface area contributed by atoms with E-state index in [2.05, 4.69) is 26.0 Å². The molecule has 1 unspecified atom stereocenters. The molecule has 1 aliphatic heterocycles. The number of halogens is 1. The number of rotatable bonds is 4. The number of hydrogen-bond donors (Lipinski definition) is 3. The van der Waals surface area contributed by atoms with Crippen LogP contribution in [0.4, 0.5) is 5.69 Å². The molecule has 0 radical (unpaired) electrons. The van der Waals surface area contributed by atoms with Crippen molar-refractivity contribution < 1.29 is 13.2 Å². The van der Waals surface area contributed by atoms with Crippen LogP contribution in [0.2, 0.25) is 0 Å². The first-order valence-corrected chi connectivity index (χ1v) is 8.00. The van der Waals surface area contributed by atoms with Gasteiger partial charge in [-0.3, -0.25) is 4.79 Å². The maximum atomic E-state index is 12.0. The van der Waals surface area contributed by atoms with Crippen molar-refractivity contribution >= 4 is 37.5 Å². The molecule has 0 saturated carbocycles. The zero-order valence-corrected chi connectivity index (χ0v) is 12.4. The van der Waals surface area contributed by atoms with Gasteiger partial charge in [-0.1, -0.05) is 0 Å². The minimum absolute atomic E-state index is 0.0422. The second kappa shape index (κ2) is 5.48. The standard InChI is InChI=1S/C11H14BrN3O3S/c12-9-5-8(2-3-10(9)13)19(17,18)14-6-7-1-4-11(16)15-7/h2-3,5,7,14H,1,4,6,13H2,(H,15,16). The average Bonchev–Trinajstić information content (AvgIpc) is 2.76. The maximum Gasteiger partial charge on any atom is 0.240 e. The minimum Gasteiger partial charge on any atom is -0.398 e. The molecular formula is C11H14BrN3O3S. The minimum atomic E-state index is -3.59. The number of carbonyl (C=O) groups excluding carboxylic acids is 1.